The van der Waals surface area contributed by atoms with Crippen molar-refractivity contribution in [3.8, 4) is 0 Å². The Kier molecular flexibility index (Phi) is 4.61. The molecule has 1 N–H and O–H groups in total. The standard InChI is InChI=1S/C15H13ClN2O3S2/c16-14-6-5-10(7-17-14)9-23(20,21)18-15(19)12-8-22-13-4-2-1-3-11(12)13/h1-7,12H,8-9H2,(H,18,19)/t12-/m0/s1. The molecule has 5 nitrogen and oxygen atoms in total. The molecule has 1 aromatic carbocycles. The van der Waals surface area contributed by atoms with Crippen molar-refractivity contribution in [3.63, 3.8) is 0 Å². The predicted octanol–water partition coefficient (Wildman–Crippen LogP) is 2.57. The van der Waals surface area contributed by atoms with Gasteiger partial charge in [0.1, 0.15) is 5.15 Å². The molecule has 0 unspecified atom stereocenters. The maximum Gasteiger partial charge on any atom is 0.241 e. The number of fused-ring (bicyclic) bond motifs is 1. The molecule has 1 aliphatic heterocycles. The van der Waals surface area contributed by atoms with Crippen molar-refractivity contribution in [2.45, 2.75) is 16.6 Å². The number of carbonyl (C=O) groups excluding carboxylic acids is 1. The van der Waals surface area contributed by atoms with Crippen molar-refractivity contribution in [1.82, 2.24) is 9.71 Å². The van der Waals surface area contributed by atoms with Crippen molar-refractivity contribution in [2.75, 3.05) is 5.75 Å². The van der Waals surface area contributed by atoms with Crippen LogP contribution in [0.25, 0.3) is 0 Å². The van der Waals surface area contributed by atoms with Crippen LogP contribution in [0.3, 0.4) is 0 Å². The van der Waals surface area contributed by atoms with E-state index in [-0.39, 0.29) is 10.9 Å². The van der Waals surface area contributed by atoms with Crippen LogP contribution in [0.2, 0.25) is 5.15 Å². The topological polar surface area (TPSA) is 76.1 Å². The maximum atomic E-state index is 12.3. The first-order chi connectivity index (χ1) is 10.9. The van der Waals surface area contributed by atoms with Gasteiger partial charge in [-0.25, -0.2) is 13.4 Å². The molecule has 1 amide bonds. The van der Waals surface area contributed by atoms with E-state index in [2.05, 4.69) is 9.71 Å². The van der Waals surface area contributed by atoms with E-state index in [1.807, 2.05) is 24.3 Å². The highest BCUT2D eigenvalue weighted by Gasteiger charge is 2.31. The lowest BCUT2D eigenvalue weighted by Crippen LogP contribution is -2.35. The zero-order valence-corrected chi connectivity index (χ0v) is 14.3. The summed E-state index contributed by atoms with van der Waals surface area (Å²) in [6.07, 6.45) is 1.38. The number of halogens is 1. The van der Waals surface area contributed by atoms with Crippen molar-refractivity contribution >= 4 is 39.3 Å². The van der Waals surface area contributed by atoms with Crippen molar-refractivity contribution in [2.24, 2.45) is 0 Å². The highest BCUT2D eigenvalue weighted by Crippen LogP contribution is 2.39. The zero-order chi connectivity index (χ0) is 16.4. The fraction of sp³-hybridized carbons (Fsp3) is 0.200. The predicted molar refractivity (Wildman–Crippen MR) is 89.9 cm³/mol. The second-order valence-corrected chi connectivity index (χ2v) is 8.29. The maximum absolute atomic E-state index is 12.3. The molecule has 0 saturated carbocycles. The molecular weight excluding hydrogens is 356 g/mol. The lowest BCUT2D eigenvalue weighted by Gasteiger charge is -2.12. The number of hydrogen-bond acceptors (Lipinski definition) is 5. The molecule has 23 heavy (non-hydrogen) atoms. The normalized spacial score (nSPS) is 16.8. The summed E-state index contributed by atoms with van der Waals surface area (Å²) in [5.41, 5.74) is 1.34. The third-order valence-corrected chi connectivity index (χ3v) is 6.05. The lowest BCUT2D eigenvalue weighted by molar-refractivity contribution is -0.120. The summed E-state index contributed by atoms with van der Waals surface area (Å²) in [6.45, 7) is 0. The van der Waals surface area contributed by atoms with Crippen LogP contribution in [-0.4, -0.2) is 25.1 Å². The minimum absolute atomic E-state index is 0.287. The molecular formula is C15H13ClN2O3S2. The monoisotopic (exact) mass is 368 g/mol. The molecule has 0 radical (unpaired) electrons. The number of benzene rings is 1. The zero-order valence-electron chi connectivity index (χ0n) is 11.9. The van der Waals surface area contributed by atoms with Gasteiger partial charge in [-0.3, -0.25) is 9.52 Å². The number of amides is 1. The average molecular weight is 369 g/mol. The number of sulfonamides is 1. The van der Waals surface area contributed by atoms with Gasteiger partial charge in [0.15, 0.2) is 0 Å². The Hall–Kier alpha value is -1.57. The van der Waals surface area contributed by atoms with Crippen LogP contribution in [0.1, 0.15) is 17.0 Å². The van der Waals surface area contributed by atoms with Gasteiger partial charge in [-0.05, 0) is 23.3 Å². The number of nitrogens with zero attached hydrogens (tertiary/aromatic N) is 1. The van der Waals surface area contributed by atoms with Gasteiger partial charge in [-0.1, -0.05) is 35.9 Å². The Balaban J connectivity index is 1.71. The molecule has 1 aliphatic rings. The highest BCUT2D eigenvalue weighted by atomic mass is 35.5. The fourth-order valence-electron chi connectivity index (χ4n) is 2.35. The quantitative estimate of drug-likeness (QED) is 0.839. The molecule has 0 fully saturated rings. The smallest absolute Gasteiger partial charge is 0.241 e. The summed E-state index contributed by atoms with van der Waals surface area (Å²) >= 11 is 7.22. The van der Waals surface area contributed by atoms with Crippen LogP contribution >= 0.6 is 23.4 Å². The van der Waals surface area contributed by atoms with E-state index in [0.717, 1.165) is 10.5 Å². The van der Waals surface area contributed by atoms with Crippen LogP contribution < -0.4 is 4.72 Å². The number of nitrogens with one attached hydrogen (secondary N) is 1. The van der Waals surface area contributed by atoms with Crippen LogP contribution in [0, 0.1) is 0 Å². The van der Waals surface area contributed by atoms with Crippen LogP contribution in [0.5, 0.6) is 0 Å². The first-order valence-corrected chi connectivity index (χ1v) is 9.83. The number of carbonyl (C=O) groups is 1. The van der Waals surface area contributed by atoms with E-state index >= 15 is 0 Å². The van der Waals surface area contributed by atoms with E-state index in [9.17, 15) is 13.2 Å². The van der Waals surface area contributed by atoms with E-state index in [1.165, 1.54) is 12.3 Å². The van der Waals surface area contributed by atoms with Gasteiger partial charge in [0.25, 0.3) is 0 Å². The van der Waals surface area contributed by atoms with Gasteiger partial charge in [0, 0.05) is 16.8 Å². The SMILES string of the molecule is O=C(NS(=O)(=O)Cc1ccc(Cl)nc1)[C@H]1CSc2ccccc21. The Labute approximate surface area is 143 Å². The van der Waals surface area contributed by atoms with Crippen molar-refractivity contribution < 1.29 is 13.2 Å². The van der Waals surface area contributed by atoms with E-state index in [1.54, 1.807) is 17.8 Å². The Morgan fingerprint density at radius 2 is 2.09 bits per heavy atom. The molecule has 0 aliphatic carbocycles. The molecule has 1 aromatic heterocycles. The van der Waals surface area contributed by atoms with Gasteiger partial charge >= 0.3 is 0 Å². The number of rotatable bonds is 4. The van der Waals surface area contributed by atoms with Crippen LogP contribution in [0.4, 0.5) is 0 Å². The summed E-state index contributed by atoms with van der Waals surface area (Å²) in [6, 6.07) is 10.6. The van der Waals surface area contributed by atoms with Gasteiger partial charge in [-0.15, -0.1) is 11.8 Å². The largest absolute Gasteiger partial charge is 0.273 e. The van der Waals surface area contributed by atoms with E-state index in [4.69, 9.17) is 11.6 Å². The minimum atomic E-state index is -3.78. The minimum Gasteiger partial charge on any atom is -0.273 e. The van der Waals surface area contributed by atoms with Crippen molar-refractivity contribution in [3.05, 3.63) is 58.9 Å². The third-order valence-electron chi connectivity index (χ3n) is 3.42. The van der Waals surface area contributed by atoms with E-state index < -0.39 is 21.8 Å². The van der Waals surface area contributed by atoms with Crippen LogP contribution in [0.15, 0.2) is 47.5 Å². The van der Waals surface area contributed by atoms with Crippen molar-refractivity contribution in [1.29, 1.82) is 0 Å². The second kappa shape index (κ2) is 6.51. The molecule has 2 aromatic rings. The van der Waals surface area contributed by atoms with Gasteiger partial charge in [0.05, 0.1) is 11.7 Å². The first-order valence-electron chi connectivity index (χ1n) is 6.81. The third kappa shape index (κ3) is 3.85. The van der Waals surface area contributed by atoms with Gasteiger partial charge in [-0.2, -0.15) is 0 Å². The Morgan fingerprint density at radius 1 is 1.30 bits per heavy atom. The number of aromatic nitrogens is 1. The molecule has 2 heterocycles. The Morgan fingerprint density at radius 3 is 2.83 bits per heavy atom. The van der Waals surface area contributed by atoms with E-state index in [0.29, 0.717) is 11.3 Å². The molecule has 0 bridgehead atoms. The second-order valence-electron chi connectivity index (χ2n) is 5.12. The van der Waals surface area contributed by atoms with Crippen LogP contribution in [-0.2, 0) is 20.6 Å². The summed E-state index contributed by atoms with van der Waals surface area (Å²) in [5.74, 6) is -0.716. The molecule has 0 spiro atoms. The van der Waals surface area contributed by atoms with Gasteiger partial charge < -0.3 is 0 Å². The molecule has 1 atom stereocenters. The number of thioether (sulfide) groups is 1. The molecule has 3 rings (SSSR count). The summed E-state index contributed by atoms with van der Waals surface area (Å²) in [4.78, 5) is 17.2. The first kappa shape index (κ1) is 16.3. The average Bonchev–Trinajstić information content (AvgIpc) is 2.93. The summed E-state index contributed by atoms with van der Waals surface area (Å²) in [7, 11) is -3.78. The molecule has 0 saturated heterocycles. The fourth-order valence-corrected chi connectivity index (χ4v) is 4.82. The molecule has 8 heteroatoms. The lowest BCUT2D eigenvalue weighted by atomic mass is 10.0. The summed E-state index contributed by atoms with van der Waals surface area (Å²) in [5, 5.41) is 0.287. The summed E-state index contributed by atoms with van der Waals surface area (Å²) < 4.78 is 26.5. The number of pyridine rings is 1. The molecule has 120 valence electrons. The highest BCUT2D eigenvalue weighted by molar-refractivity contribution is 7.99. The number of hydrogen-bond donors (Lipinski definition) is 1. The van der Waals surface area contributed by atoms with Gasteiger partial charge in [0.2, 0.25) is 15.9 Å². The Bertz CT molecular complexity index is 838.